The zero-order valence-corrected chi connectivity index (χ0v) is 16.3. The maximum atomic E-state index is 13.3. The van der Waals surface area contributed by atoms with E-state index in [2.05, 4.69) is 10.3 Å². The number of nitrogens with zero attached hydrogens (tertiary/aromatic N) is 2. The van der Waals surface area contributed by atoms with Crippen LogP contribution in [0.15, 0.2) is 53.3 Å². The van der Waals surface area contributed by atoms with E-state index in [9.17, 15) is 18.4 Å². The van der Waals surface area contributed by atoms with E-state index < -0.39 is 17.5 Å². The molecule has 0 unspecified atom stereocenters. The van der Waals surface area contributed by atoms with E-state index in [1.165, 1.54) is 53.1 Å². The SMILES string of the molecule is CCc1cc(=O)n(CC(=O)NCc2ccc(F)c(Cl)c2)c(-c2ccc(F)cc2)n1. The molecule has 0 aliphatic carbocycles. The van der Waals surface area contributed by atoms with Gasteiger partial charge in [-0.25, -0.2) is 13.8 Å². The number of hydrogen-bond acceptors (Lipinski definition) is 3. The fourth-order valence-corrected chi connectivity index (χ4v) is 2.96. The highest BCUT2D eigenvalue weighted by Crippen LogP contribution is 2.18. The molecule has 0 radical (unpaired) electrons. The van der Waals surface area contributed by atoms with Gasteiger partial charge < -0.3 is 5.32 Å². The van der Waals surface area contributed by atoms with Crippen molar-refractivity contribution in [1.29, 1.82) is 0 Å². The van der Waals surface area contributed by atoms with Gasteiger partial charge >= 0.3 is 0 Å². The minimum Gasteiger partial charge on any atom is -0.350 e. The van der Waals surface area contributed by atoms with Gasteiger partial charge in [-0.1, -0.05) is 24.6 Å². The summed E-state index contributed by atoms with van der Waals surface area (Å²) in [5, 5.41) is 2.63. The summed E-state index contributed by atoms with van der Waals surface area (Å²) in [6.07, 6.45) is 0.543. The number of benzene rings is 2. The minimum absolute atomic E-state index is 0.0362. The lowest BCUT2D eigenvalue weighted by molar-refractivity contribution is -0.121. The lowest BCUT2D eigenvalue weighted by Crippen LogP contribution is -2.33. The van der Waals surface area contributed by atoms with Gasteiger partial charge in [0.15, 0.2) is 0 Å². The summed E-state index contributed by atoms with van der Waals surface area (Å²) in [7, 11) is 0. The van der Waals surface area contributed by atoms with E-state index in [0.717, 1.165) is 0 Å². The Hall–Kier alpha value is -3.06. The largest absolute Gasteiger partial charge is 0.350 e. The van der Waals surface area contributed by atoms with Crippen molar-refractivity contribution in [2.75, 3.05) is 0 Å². The van der Waals surface area contributed by atoms with Crippen LogP contribution in [-0.2, 0) is 24.3 Å². The van der Waals surface area contributed by atoms with Crippen LogP contribution < -0.4 is 10.9 Å². The Kier molecular flexibility index (Phi) is 6.39. The molecule has 0 saturated heterocycles. The summed E-state index contributed by atoms with van der Waals surface area (Å²) >= 11 is 5.74. The van der Waals surface area contributed by atoms with Crippen molar-refractivity contribution in [3.63, 3.8) is 0 Å². The van der Waals surface area contributed by atoms with Crippen LogP contribution in [0.1, 0.15) is 18.2 Å². The Labute approximate surface area is 171 Å². The van der Waals surface area contributed by atoms with Gasteiger partial charge in [0, 0.05) is 23.9 Å². The summed E-state index contributed by atoms with van der Waals surface area (Å²) in [5.74, 6) is -1.10. The molecule has 0 bridgehead atoms. The third-order valence-corrected chi connectivity index (χ3v) is 4.59. The second-order valence-corrected chi connectivity index (χ2v) is 6.79. The molecular formula is C21H18ClF2N3O2. The summed E-state index contributed by atoms with van der Waals surface area (Å²) < 4.78 is 27.7. The van der Waals surface area contributed by atoms with E-state index in [1.54, 1.807) is 0 Å². The predicted octanol–water partition coefficient (Wildman–Crippen LogP) is 3.72. The molecule has 2 aromatic carbocycles. The lowest BCUT2D eigenvalue weighted by atomic mass is 10.2. The van der Waals surface area contributed by atoms with Crippen molar-refractivity contribution >= 4 is 17.5 Å². The Morgan fingerprint density at radius 3 is 2.52 bits per heavy atom. The number of hydrogen-bond donors (Lipinski definition) is 1. The van der Waals surface area contributed by atoms with Gasteiger partial charge in [-0.05, 0) is 48.4 Å². The van der Waals surface area contributed by atoms with Crippen molar-refractivity contribution in [1.82, 2.24) is 14.9 Å². The van der Waals surface area contributed by atoms with Crippen LogP contribution in [0.25, 0.3) is 11.4 Å². The predicted molar refractivity (Wildman–Crippen MR) is 107 cm³/mol. The van der Waals surface area contributed by atoms with E-state index in [4.69, 9.17) is 11.6 Å². The number of halogens is 3. The summed E-state index contributed by atoms with van der Waals surface area (Å²) in [6, 6.07) is 11.1. The van der Waals surface area contributed by atoms with E-state index in [0.29, 0.717) is 23.2 Å². The van der Waals surface area contributed by atoms with Crippen LogP contribution in [0.4, 0.5) is 8.78 Å². The number of nitrogens with one attached hydrogen (secondary N) is 1. The molecule has 0 aliphatic heterocycles. The minimum atomic E-state index is -0.542. The third kappa shape index (κ3) is 5.06. The molecule has 3 aromatic rings. The summed E-state index contributed by atoms with van der Waals surface area (Å²) in [6.45, 7) is 1.72. The first-order valence-electron chi connectivity index (χ1n) is 8.94. The normalized spacial score (nSPS) is 10.8. The third-order valence-electron chi connectivity index (χ3n) is 4.30. The van der Waals surface area contributed by atoms with Gasteiger partial charge in [0.1, 0.15) is 24.0 Å². The second kappa shape index (κ2) is 8.96. The van der Waals surface area contributed by atoms with Crippen molar-refractivity contribution < 1.29 is 13.6 Å². The van der Waals surface area contributed by atoms with Gasteiger partial charge in [0.2, 0.25) is 5.91 Å². The van der Waals surface area contributed by atoms with Gasteiger partial charge in [-0.15, -0.1) is 0 Å². The molecule has 29 heavy (non-hydrogen) atoms. The average Bonchev–Trinajstić information content (AvgIpc) is 2.71. The van der Waals surface area contributed by atoms with Crippen LogP contribution in [0.2, 0.25) is 5.02 Å². The molecule has 0 atom stereocenters. The van der Waals surface area contributed by atoms with E-state index in [-0.39, 0.29) is 29.5 Å². The first-order chi connectivity index (χ1) is 13.9. The number of aromatic nitrogens is 2. The zero-order valence-electron chi connectivity index (χ0n) is 15.6. The molecule has 0 aliphatic rings. The Morgan fingerprint density at radius 2 is 1.86 bits per heavy atom. The second-order valence-electron chi connectivity index (χ2n) is 6.38. The van der Waals surface area contributed by atoms with Gasteiger partial charge in [0.25, 0.3) is 5.56 Å². The molecule has 1 aromatic heterocycles. The molecule has 1 amide bonds. The van der Waals surface area contributed by atoms with Crippen LogP contribution in [0.5, 0.6) is 0 Å². The monoisotopic (exact) mass is 417 g/mol. The van der Waals surface area contributed by atoms with Crippen LogP contribution in [0, 0.1) is 11.6 Å². The zero-order chi connectivity index (χ0) is 21.0. The first kappa shape index (κ1) is 20.7. The lowest BCUT2D eigenvalue weighted by Gasteiger charge is -2.14. The van der Waals surface area contributed by atoms with Gasteiger partial charge in [0.05, 0.1) is 5.02 Å². The Balaban J connectivity index is 1.83. The molecule has 0 fully saturated rings. The molecule has 0 spiro atoms. The number of carbonyl (C=O) groups is 1. The highest BCUT2D eigenvalue weighted by Gasteiger charge is 2.14. The number of aryl methyl sites for hydroxylation is 1. The van der Waals surface area contributed by atoms with E-state index >= 15 is 0 Å². The Bertz CT molecular complexity index is 1100. The van der Waals surface area contributed by atoms with Crippen molar-refractivity contribution in [3.8, 4) is 11.4 Å². The highest BCUT2D eigenvalue weighted by molar-refractivity contribution is 6.30. The van der Waals surface area contributed by atoms with Gasteiger partial charge in [-0.3, -0.25) is 14.2 Å². The van der Waals surface area contributed by atoms with E-state index in [1.807, 2.05) is 6.92 Å². The highest BCUT2D eigenvalue weighted by atomic mass is 35.5. The number of amides is 1. The first-order valence-corrected chi connectivity index (χ1v) is 9.32. The standard InChI is InChI=1S/C21H18ClF2N3O2/c1-2-16-10-20(29)27(21(26-16)14-4-6-15(23)7-5-14)12-19(28)25-11-13-3-8-18(24)17(22)9-13/h3-10H,2,11-12H2,1H3,(H,25,28). The maximum Gasteiger partial charge on any atom is 0.254 e. The van der Waals surface area contributed by atoms with Crippen molar-refractivity contribution in [2.24, 2.45) is 0 Å². The Morgan fingerprint density at radius 1 is 1.14 bits per heavy atom. The fraction of sp³-hybridized carbons (Fsp3) is 0.190. The topological polar surface area (TPSA) is 64.0 Å². The van der Waals surface area contributed by atoms with Crippen LogP contribution >= 0.6 is 11.6 Å². The van der Waals surface area contributed by atoms with Gasteiger partial charge in [-0.2, -0.15) is 0 Å². The fourth-order valence-electron chi connectivity index (χ4n) is 2.76. The van der Waals surface area contributed by atoms with Crippen LogP contribution in [-0.4, -0.2) is 15.5 Å². The molecular weight excluding hydrogens is 400 g/mol. The molecule has 150 valence electrons. The van der Waals surface area contributed by atoms with Crippen molar-refractivity contribution in [2.45, 2.75) is 26.4 Å². The summed E-state index contributed by atoms with van der Waals surface area (Å²) in [5.41, 5.74) is 1.34. The average molecular weight is 418 g/mol. The van der Waals surface area contributed by atoms with Crippen molar-refractivity contribution in [3.05, 3.63) is 86.8 Å². The number of carbonyl (C=O) groups excluding carboxylic acids is 1. The molecule has 1 heterocycles. The smallest absolute Gasteiger partial charge is 0.254 e. The molecule has 1 N–H and O–H groups in total. The molecule has 8 heteroatoms. The number of rotatable bonds is 6. The molecule has 5 nitrogen and oxygen atoms in total. The quantitative estimate of drug-likeness (QED) is 0.664. The molecule has 0 saturated carbocycles. The molecule has 3 rings (SSSR count). The van der Waals surface area contributed by atoms with Crippen LogP contribution in [0.3, 0.4) is 0 Å². The maximum absolute atomic E-state index is 13.3. The summed E-state index contributed by atoms with van der Waals surface area (Å²) in [4.78, 5) is 29.4.